The Morgan fingerprint density at radius 1 is 0.897 bits per heavy atom. The number of pyridine rings is 1. The van der Waals surface area contributed by atoms with Crippen molar-refractivity contribution in [3.63, 3.8) is 0 Å². The van der Waals surface area contributed by atoms with E-state index in [0.29, 0.717) is 10.8 Å². The number of fused-ring (bicyclic) bond motifs is 2. The lowest BCUT2D eigenvalue weighted by Crippen LogP contribution is -2.32. The van der Waals surface area contributed by atoms with Gasteiger partial charge in [-0.2, -0.15) is 5.10 Å². The van der Waals surface area contributed by atoms with Crippen molar-refractivity contribution in [2.24, 2.45) is 0 Å². The molecular weight excluding hydrogens is 374 g/mol. The molecule has 9 heteroatoms. The zero-order valence-corrected chi connectivity index (χ0v) is 14.7. The van der Waals surface area contributed by atoms with Gasteiger partial charge in [-0.05, 0) is 30.3 Å². The van der Waals surface area contributed by atoms with Gasteiger partial charge in [0.15, 0.2) is 5.65 Å². The highest BCUT2D eigenvalue weighted by molar-refractivity contribution is 6.21. The molecular formula is C20H11N5O4. The molecule has 0 bridgehead atoms. The number of rotatable bonds is 3. The predicted molar refractivity (Wildman–Crippen MR) is 98.6 cm³/mol. The highest BCUT2D eigenvalue weighted by atomic mass is 16.7. The minimum absolute atomic E-state index is 0.0206. The maximum absolute atomic E-state index is 12.7. The van der Waals surface area contributed by atoms with Gasteiger partial charge in [0.05, 0.1) is 23.0 Å². The molecule has 0 N–H and O–H groups in total. The molecule has 2 amide bonds. The molecule has 9 nitrogen and oxygen atoms in total. The van der Waals surface area contributed by atoms with E-state index in [1.165, 1.54) is 29.0 Å². The molecule has 1 aliphatic rings. The van der Waals surface area contributed by atoms with Gasteiger partial charge in [-0.25, -0.2) is 14.3 Å². The van der Waals surface area contributed by atoms with E-state index in [2.05, 4.69) is 15.1 Å². The van der Waals surface area contributed by atoms with Crippen LogP contribution in [0.2, 0.25) is 0 Å². The van der Waals surface area contributed by atoms with Crippen LogP contribution < -0.4 is 0 Å². The van der Waals surface area contributed by atoms with Crippen LogP contribution in [-0.2, 0) is 4.84 Å². The Labute approximate surface area is 163 Å². The van der Waals surface area contributed by atoms with Crippen molar-refractivity contribution in [1.82, 2.24) is 24.6 Å². The number of hydroxylamine groups is 2. The largest absolute Gasteiger partial charge is 0.369 e. The van der Waals surface area contributed by atoms with Crippen LogP contribution in [0.1, 0.15) is 31.1 Å². The average Bonchev–Trinajstić information content (AvgIpc) is 3.30. The smallest absolute Gasteiger partial charge is 0.324 e. The number of carbonyl (C=O) groups excluding carboxylic acids is 3. The minimum atomic E-state index is -0.912. The monoisotopic (exact) mass is 385 g/mol. The first kappa shape index (κ1) is 16.8. The predicted octanol–water partition coefficient (Wildman–Crippen LogP) is 2.16. The summed E-state index contributed by atoms with van der Waals surface area (Å²) in [5, 5.41) is 4.67. The van der Waals surface area contributed by atoms with Gasteiger partial charge in [0.2, 0.25) is 0 Å². The van der Waals surface area contributed by atoms with E-state index >= 15 is 0 Å². The van der Waals surface area contributed by atoms with Crippen LogP contribution in [-0.4, -0.2) is 42.4 Å². The highest BCUT2D eigenvalue weighted by Gasteiger charge is 2.39. The Morgan fingerprint density at radius 2 is 1.66 bits per heavy atom. The Hall–Kier alpha value is -4.40. The van der Waals surface area contributed by atoms with E-state index in [4.69, 9.17) is 4.84 Å². The first-order chi connectivity index (χ1) is 14.1. The third-order valence-corrected chi connectivity index (χ3v) is 4.51. The fourth-order valence-electron chi connectivity index (χ4n) is 3.15. The molecule has 5 rings (SSSR count). The van der Waals surface area contributed by atoms with Crippen LogP contribution in [0, 0.1) is 0 Å². The lowest BCUT2D eigenvalue weighted by atomic mass is 10.1. The number of hydrogen-bond acceptors (Lipinski definition) is 7. The number of benzene rings is 1. The quantitative estimate of drug-likeness (QED) is 0.497. The molecule has 0 aliphatic carbocycles. The van der Waals surface area contributed by atoms with Gasteiger partial charge in [0.1, 0.15) is 5.56 Å². The maximum atomic E-state index is 12.7. The van der Waals surface area contributed by atoms with Crippen LogP contribution in [0.5, 0.6) is 0 Å². The third kappa shape index (κ3) is 2.56. The SMILES string of the molecule is O=C(ON1C(=O)c2ccccc2C1=O)c1cnn2c(-c3cccnc3)ccnc12. The molecule has 3 aromatic heterocycles. The molecule has 0 spiro atoms. The zero-order chi connectivity index (χ0) is 20.0. The van der Waals surface area contributed by atoms with Gasteiger partial charge in [-0.15, -0.1) is 0 Å². The second-order valence-electron chi connectivity index (χ2n) is 6.19. The molecule has 0 saturated heterocycles. The molecule has 1 aliphatic heterocycles. The highest BCUT2D eigenvalue weighted by Crippen LogP contribution is 2.25. The van der Waals surface area contributed by atoms with Gasteiger partial charge in [0, 0.05) is 24.2 Å². The molecule has 4 heterocycles. The third-order valence-electron chi connectivity index (χ3n) is 4.51. The van der Waals surface area contributed by atoms with Crippen LogP contribution in [0.25, 0.3) is 16.9 Å². The molecule has 0 unspecified atom stereocenters. The molecule has 29 heavy (non-hydrogen) atoms. The van der Waals surface area contributed by atoms with E-state index in [9.17, 15) is 14.4 Å². The van der Waals surface area contributed by atoms with E-state index in [1.807, 2.05) is 6.07 Å². The van der Waals surface area contributed by atoms with Crippen LogP contribution in [0.15, 0.2) is 67.3 Å². The van der Waals surface area contributed by atoms with Crippen molar-refractivity contribution in [2.75, 3.05) is 0 Å². The van der Waals surface area contributed by atoms with Gasteiger partial charge in [-0.3, -0.25) is 14.6 Å². The summed E-state index contributed by atoms with van der Waals surface area (Å²) >= 11 is 0. The summed E-state index contributed by atoms with van der Waals surface area (Å²) < 4.78 is 1.47. The first-order valence-electron chi connectivity index (χ1n) is 8.58. The summed E-state index contributed by atoms with van der Waals surface area (Å²) in [7, 11) is 0. The van der Waals surface area contributed by atoms with Crippen molar-refractivity contribution >= 4 is 23.4 Å². The van der Waals surface area contributed by atoms with Gasteiger partial charge >= 0.3 is 5.97 Å². The number of hydrogen-bond donors (Lipinski definition) is 0. The number of carbonyl (C=O) groups is 3. The summed E-state index contributed by atoms with van der Waals surface area (Å²) in [6, 6.07) is 11.6. The molecule has 0 saturated carbocycles. The number of imide groups is 1. The summed E-state index contributed by atoms with van der Waals surface area (Å²) in [6.45, 7) is 0. The number of nitrogens with zero attached hydrogens (tertiary/aromatic N) is 5. The van der Waals surface area contributed by atoms with Crippen molar-refractivity contribution in [1.29, 1.82) is 0 Å². The van der Waals surface area contributed by atoms with Crippen molar-refractivity contribution in [2.45, 2.75) is 0 Å². The topological polar surface area (TPSA) is 107 Å². The summed E-state index contributed by atoms with van der Waals surface area (Å²) in [6.07, 6.45) is 6.12. The summed E-state index contributed by atoms with van der Waals surface area (Å²) in [4.78, 5) is 50.9. The Bertz CT molecular complexity index is 1260. The number of aromatic nitrogens is 4. The second kappa shape index (κ2) is 6.34. The summed E-state index contributed by atoms with van der Waals surface area (Å²) in [5.41, 5.74) is 2.07. The normalized spacial score (nSPS) is 13.0. The Balaban J connectivity index is 1.49. The Kier molecular flexibility index (Phi) is 3.66. The van der Waals surface area contributed by atoms with E-state index in [1.54, 1.807) is 36.7 Å². The van der Waals surface area contributed by atoms with Gasteiger partial charge in [0.25, 0.3) is 11.8 Å². The van der Waals surface area contributed by atoms with Crippen molar-refractivity contribution in [3.8, 4) is 11.3 Å². The van der Waals surface area contributed by atoms with Crippen LogP contribution in [0.4, 0.5) is 0 Å². The van der Waals surface area contributed by atoms with E-state index in [-0.39, 0.29) is 22.3 Å². The van der Waals surface area contributed by atoms with E-state index in [0.717, 1.165) is 5.56 Å². The van der Waals surface area contributed by atoms with Crippen LogP contribution in [0.3, 0.4) is 0 Å². The van der Waals surface area contributed by atoms with Gasteiger partial charge in [-0.1, -0.05) is 17.2 Å². The Morgan fingerprint density at radius 3 is 2.34 bits per heavy atom. The fraction of sp³-hybridized carbons (Fsp3) is 0. The first-order valence-corrected chi connectivity index (χ1v) is 8.58. The molecule has 0 fully saturated rings. The van der Waals surface area contributed by atoms with Gasteiger partial charge < -0.3 is 4.84 Å². The second-order valence-corrected chi connectivity index (χ2v) is 6.19. The molecule has 1 aromatic carbocycles. The lowest BCUT2D eigenvalue weighted by molar-refractivity contribution is -0.0583. The summed E-state index contributed by atoms with van der Waals surface area (Å²) in [5.74, 6) is -2.30. The maximum Gasteiger partial charge on any atom is 0.369 e. The lowest BCUT2D eigenvalue weighted by Gasteiger charge is -2.12. The molecule has 4 aromatic rings. The van der Waals surface area contributed by atoms with E-state index < -0.39 is 17.8 Å². The molecule has 0 atom stereocenters. The molecule has 0 radical (unpaired) electrons. The standard InChI is InChI=1S/C20H11N5O4/c26-18-13-5-1-2-6-14(13)19(27)25(18)29-20(28)15-11-23-24-16(7-9-22-17(15)24)12-4-3-8-21-10-12/h1-11H. The van der Waals surface area contributed by atoms with Crippen molar-refractivity contribution in [3.05, 3.63) is 83.9 Å². The fourth-order valence-corrected chi connectivity index (χ4v) is 3.15. The minimum Gasteiger partial charge on any atom is -0.324 e. The average molecular weight is 385 g/mol. The zero-order valence-electron chi connectivity index (χ0n) is 14.7. The van der Waals surface area contributed by atoms with Crippen molar-refractivity contribution < 1.29 is 19.2 Å². The van der Waals surface area contributed by atoms with Crippen LogP contribution >= 0.6 is 0 Å². The number of amides is 2. The molecule has 140 valence electrons.